The lowest BCUT2D eigenvalue weighted by molar-refractivity contribution is -0.360. The van der Waals surface area contributed by atoms with Crippen molar-refractivity contribution in [2.24, 2.45) is 0 Å². The SMILES string of the molecule is Cc1cc(C#N)cc(C(=O)NC2CC2)c1CC(=O)c1cc(Cn2ncc(C(F)(F)C(F)(F)C(F)(F)F)n2)nn1-c1ncccc1Cl. The van der Waals surface area contributed by atoms with Crippen LogP contribution < -0.4 is 5.32 Å². The van der Waals surface area contributed by atoms with Crippen molar-refractivity contribution in [3.05, 3.63) is 87.1 Å². The van der Waals surface area contributed by atoms with Crippen LogP contribution in [0.25, 0.3) is 5.82 Å². The lowest BCUT2D eigenvalue weighted by Gasteiger charge is -2.26. The van der Waals surface area contributed by atoms with Crippen LogP contribution in [0.3, 0.4) is 0 Å². The number of pyridine rings is 1. The van der Waals surface area contributed by atoms with E-state index in [4.69, 9.17) is 11.6 Å². The molecule has 0 radical (unpaired) electrons. The molecule has 0 bridgehead atoms. The molecule has 0 saturated heterocycles. The van der Waals surface area contributed by atoms with E-state index in [-0.39, 0.29) is 52.0 Å². The van der Waals surface area contributed by atoms with E-state index in [1.807, 2.05) is 6.07 Å². The number of carbonyl (C=O) groups is 2. The van der Waals surface area contributed by atoms with Gasteiger partial charge >= 0.3 is 18.0 Å². The number of Topliss-reactive ketones (excluding diaryl/α,β-unsaturated/α-hetero) is 1. The number of nitrogens with zero attached hydrogens (tertiary/aromatic N) is 7. The first-order valence-electron chi connectivity index (χ1n) is 13.3. The monoisotopic (exact) mass is 668 g/mol. The zero-order valence-corrected chi connectivity index (χ0v) is 24.2. The summed E-state index contributed by atoms with van der Waals surface area (Å²) in [7, 11) is 0. The molecule has 10 nitrogen and oxygen atoms in total. The Labute approximate surface area is 259 Å². The van der Waals surface area contributed by atoms with E-state index in [1.54, 1.807) is 6.92 Å². The Morgan fingerprint density at radius 3 is 2.46 bits per heavy atom. The topological polar surface area (TPSA) is 131 Å². The standard InChI is InChI=1S/C28H20ClF7N8O2/c1-14-7-15(11-37)8-19(25(46)40-16-4-5-16)18(14)10-22(45)21-9-17(41-44(21)24-20(29)3-2-6-38-24)13-43-39-12-23(42-43)26(30,31)27(32,33)28(34,35)36/h2-3,6-9,12,16H,4-5,10,13H2,1H3,(H,40,46). The molecule has 1 aromatic carbocycles. The number of hydrogen-bond donors (Lipinski definition) is 1. The number of nitrogens with one attached hydrogen (secondary N) is 1. The maximum atomic E-state index is 14.2. The van der Waals surface area contributed by atoms with Crippen molar-refractivity contribution in [2.45, 2.75) is 56.8 Å². The predicted molar refractivity (Wildman–Crippen MR) is 145 cm³/mol. The summed E-state index contributed by atoms with van der Waals surface area (Å²) in [5, 5.41) is 23.0. The largest absolute Gasteiger partial charge is 0.460 e. The van der Waals surface area contributed by atoms with Crippen molar-refractivity contribution >= 4 is 23.3 Å². The molecule has 0 aliphatic heterocycles. The van der Waals surface area contributed by atoms with Crippen molar-refractivity contribution in [1.29, 1.82) is 5.26 Å². The van der Waals surface area contributed by atoms with Gasteiger partial charge in [0.15, 0.2) is 17.3 Å². The molecule has 1 N–H and O–H groups in total. The van der Waals surface area contributed by atoms with Crippen LogP contribution in [0.5, 0.6) is 0 Å². The fourth-order valence-corrected chi connectivity index (χ4v) is 4.66. The maximum Gasteiger partial charge on any atom is 0.460 e. The van der Waals surface area contributed by atoms with Crippen LogP contribution in [0.2, 0.25) is 5.02 Å². The van der Waals surface area contributed by atoms with Gasteiger partial charge in [0.2, 0.25) is 0 Å². The molecule has 1 aliphatic rings. The van der Waals surface area contributed by atoms with Crippen LogP contribution in [-0.2, 0) is 18.9 Å². The van der Waals surface area contributed by atoms with Gasteiger partial charge in [-0.2, -0.15) is 56.1 Å². The van der Waals surface area contributed by atoms with Crippen molar-refractivity contribution in [1.82, 2.24) is 35.1 Å². The molecule has 1 fully saturated rings. The highest BCUT2D eigenvalue weighted by atomic mass is 35.5. The van der Waals surface area contributed by atoms with E-state index in [0.717, 1.165) is 17.5 Å². The van der Waals surface area contributed by atoms with Gasteiger partial charge in [-0.25, -0.2) is 9.67 Å². The lowest BCUT2D eigenvalue weighted by atomic mass is 9.93. The zero-order valence-electron chi connectivity index (χ0n) is 23.4. The molecule has 240 valence electrons. The van der Waals surface area contributed by atoms with Crippen LogP contribution >= 0.6 is 11.6 Å². The highest BCUT2D eigenvalue weighted by molar-refractivity contribution is 6.32. The minimum atomic E-state index is -6.57. The third-order valence-electron chi connectivity index (χ3n) is 6.99. The summed E-state index contributed by atoms with van der Waals surface area (Å²) >= 11 is 6.28. The van der Waals surface area contributed by atoms with E-state index in [1.165, 1.54) is 36.5 Å². The number of halogens is 8. The van der Waals surface area contributed by atoms with Gasteiger partial charge in [-0.15, -0.1) is 0 Å². The number of ketones is 1. The molecule has 0 spiro atoms. The summed E-state index contributed by atoms with van der Waals surface area (Å²) in [4.78, 5) is 31.3. The number of aromatic nitrogens is 6. The predicted octanol–water partition coefficient (Wildman–Crippen LogP) is 5.35. The summed E-state index contributed by atoms with van der Waals surface area (Å²) in [6, 6.07) is 8.94. The number of carbonyl (C=O) groups excluding carboxylic acids is 2. The third kappa shape index (κ3) is 6.16. The molecular weight excluding hydrogens is 649 g/mol. The van der Waals surface area contributed by atoms with Gasteiger partial charge in [0.1, 0.15) is 12.2 Å². The second kappa shape index (κ2) is 11.8. The molecule has 5 rings (SSSR count). The zero-order chi connectivity index (χ0) is 33.6. The lowest BCUT2D eigenvalue weighted by Crippen LogP contribution is -2.50. The van der Waals surface area contributed by atoms with Crippen molar-refractivity contribution < 1.29 is 40.3 Å². The Bertz CT molecular complexity index is 1880. The molecule has 0 unspecified atom stereocenters. The number of benzene rings is 1. The first-order valence-corrected chi connectivity index (χ1v) is 13.7. The molecule has 1 amide bonds. The van der Waals surface area contributed by atoms with Crippen molar-refractivity contribution in [2.75, 3.05) is 0 Å². The van der Waals surface area contributed by atoms with Gasteiger partial charge in [-0.3, -0.25) is 9.59 Å². The highest BCUT2D eigenvalue weighted by Gasteiger charge is 2.74. The Hall–Kier alpha value is -4.85. The Kier molecular flexibility index (Phi) is 8.36. The molecular formula is C28H20ClF7N8O2. The molecule has 4 aromatic rings. The molecule has 1 aliphatic carbocycles. The summed E-state index contributed by atoms with van der Waals surface area (Å²) in [5.74, 6) is -13.3. The fourth-order valence-electron chi connectivity index (χ4n) is 4.46. The number of nitriles is 1. The summed E-state index contributed by atoms with van der Waals surface area (Å²) in [6.45, 7) is 0.977. The fraction of sp³-hybridized carbons (Fsp3) is 0.321. The third-order valence-corrected chi connectivity index (χ3v) is 7.29. The minimum Gasteiger partial charge on any atom is -0.349 e. The van der Waals surface area contributed by atoms with E-state index >= 15 is 0 Å². The first-order chi connectivity index (χ1) is 21.5. The molecule has 3 aromatic heterocycles. The van der Waals surface area contributed by atoms with Crippen LogP contribution in [0.15, 0.2) is 42.7 Å². The number of aryl methyl sites for hydroxylation is 1. The van der Waals surface area contributed by atoms with Gasteiger partial charge in [0.05, 0.1) is 28.5 Å². The Balaban J connectivity index is 1.50. The van der Waals surface area contributed by atoms with Gasteiger partial charge in [0, 0.05) is 24.2 Å². The van der Waals surface area contributed by atoms with E-state index in [0.29, 0.717) is 15.9 Å². The highest BCUT2D eigenvalue weighted by Crippen LogP contribution is 2.51. The number of alkyl halides is 7. The molecule has 18 heteroatoms. The van der Waals surface area contributed by atoms with E-state index in [2.05, 4.69) is 25.6 Å². The molecule has 1 saturated carbocycles. The average Bonchev–Trinajstić information content (AvgIpc) is 3.50. The number of hydrogen-bond acceptors (Lipinski definition) is 7. The second-order valence-electron chi connectivity index (χ2n) is 10.4. The first kappa shape index (κ1) is 32.5. The van der Waals surface area contributed by atoms with E-state index in [9.17, 15) is 45.6 Å². The van der Waals surface area contributed by atoms with Gasteiger partial charge in [0.25, 0.3) is 5.91 Å². The minimum absolute atomic E-state index is 0.0200. The van der Waals surface area contributed by atoms with Crippen LogP contribution in [-0.4, -0.2) is 59.6 Å². The van der Waals surface area contributed by atoms with E-state index < -0.39 is 42.0 Å². The average molecular weight is 669 g/mol. The second-order valence-corrected chi connectivity index (χ2v) is 10.8. The van der Waals surface area contributed by atoms with Crippen LogP contribution in [0.4, 0.5) is 30.7 Å². The number of rotatable bonds is 10. The van der Waals surface area contributed by atoms with Crippen molar-refractivity contribution in [3.63, 3.8) is 0 Å². The molecule has 46 heavy (non-hydrogen) atoms. The normalized spacial score (nSPS) is 13.8. The van der Waals surface area contributed by atoms with Crippen LogP contribution in [0.1, 0.15) is 61.8 Å². The van der Waals surface area contributed by atoms with Gasteiger partial charge < -0.3 is 5.32 Å². The van der Waals surface area contributed by atoms with Gasteiger partial charge in [-0.1, -0.05) is 11.6 Å². The maximum absolute atomic E-state index is 14.2. The van der Waals surface area contributed by atoms with Gasteiger partial charge in [-0.05, 0) is 61.2 Å². The summed E-state index contributed by atoms with van der Waals surface area (Å²) in [6.07, 6.45) is -3.95. The van der Waals surface area contributed by atoms with Crippen molar-refractivity contribution in [3.8, 4) is 11.9 Å². The Morgan fingerprint density at radius 1 is 1.11 bits per heavy atom. The summed E-state index contributed by atoms with van der Waals surface area (Å²) in [5.41, 5.74) is -1.10. The molecule has 0 atom stereocenters. The smallest absolute Gasteiger partial charge is 0.349 e. The molecule has 3 heterocycles. The Morgan fingerprint density at radius 2 is 1.83 bits per heavy atom. The summed E-state index contributed by atoms with van der Waals surface area (Å²) < 4.78 is 94.3. The number of amides is 1. The van der Waals surface area contributed by atoms with Crippen LogP contribution in [0, 0.1) is 18.3 Å². The quantitative estimate of drug-likeness (QED) is 0.178.